The molecule has 0 aliphatic rings. The van der Waals surface area contributed by atoms with Gasteiger partial charge in [-0.2, -0.15) is 10.2 Å². The van der Waals surface area contributed by atoms with E-state index < -0.39 is 0 Å². The minimum atomic E-state index is 0.171. The molecule has 0 saturated heterocycles. The van der Waals surface area contributed by atoms with Crippen molar-refractivity contribution in [2.24, 2.45) is 31.7 Å². The summed E-state index contributed by atoms with van der Waals surface area (Å²) in [5.74, 6) is 0.341. The van der Waals surface area contributed by atoms with E-state index in [4.69, 9.17) is 11.5 Å². The molecule has 0 aliphatic carbocycles. The van der Waals surface area contributed by atoms with E-state index in [0.29, 0.717) is 0 Å². The monoisotopic (exact) mass is 414 g/mol. The van der Waals surface area contributed by atoms with E-state index >= 15 is 0 Å². The van der Waals surface area contributed by atoms with Crippen LogP contribution in [0.25, 0.3) is 0 Å². The van der Waals surface area contributed by atoms with Crippen molar-refractivity contribution in [3.05, 3.63) is 48.5 Å². The fourth-order valence-corrected chi connectivity index (χ4v) is 2.73. The summed E-state index contributed by atoms with van der Waals surface area (Å²) in [7, 11) is 0. The summed E-state index contributed by atoms with van der Waals surface area (Å²) in [4.78, 5) is 10.7. The molecular weight excluding hydrogens is 392 g/mol. The smallest absolute Gasteiger partial charge is 0.214 e. The lowest BCUT2D eigenvalue weighted by molar-refractivity contribution is 1.01. The molecule has 0 amide bonds. The molecule has 2 aromatic rings. The van der Waals surface area contributed by atoms with E-state index in [1.807, 2.05) is 61.0 Å². The lowest BCUT2D eigenvalue weighted by atomic mass is 10.3. The van der Waals surface area contributed by atoms with Gasteiger partial charge < -0.3 is 11.5 Å². The Balaban J connectivity index is 1.78. The summed E-state index contributed by atoms with van der Waals surface area (Å²) < 4.78 is 0. The van der Waals surface area contributed by atoms with Crippen molar-refractivity contribution in [1.29, 1.82) is 0 Å². The topological polar surface area (TPSA) is 126 Å². The molecular formula is C18H22N8S2. The molecule has 6 N–H and O–H groups in total. The van der Waals surface area contributed by atoms with Gasteiger partial charge in [-0.25, -0.2) is 20.8 Å². The third-order valence-electron chi connectivity index (χ3n) is 3.22. The molecule has 0 unspecified atom stereocenters. The summed E-state index contributed by atoms with van der Waals surface area (Å²) in [5.41, 5.74) is 18.2. The number of benzene rings is 2. The van der Waals surface area contributed by atoms with Crippen LogP contribution in [0.5, 0.6) is 0 Å². The number of nitrogens with zero attached hydrogens (tertiary/aromatic N) is 4. The molecule has 2 rings (SSSR count). The number of hydrazone groups is 2. The van der Waals surface area contributed by atoms with Crippen LogP contribution in [0, 0.1) is 0 Å². The average Bonchev–Trinajstić information content (AvgIpc) is 2.71. The van der Waals surface area contributed by atoms with Crippen LogP contribution in [0.2, 0.25) is 0 Å². The summed E-state index contributed by atoms with van der Waals surface area (Å²) in [6.45, 7) is 0. The molecule has 0 atom stereocenters. The molecule has 2 aromatic carbocycles. The number of hydrogen-bond donors (Lipinski definition) is 4. The van der Waals surface area contributed by atoms with E-state index in [0.717, 1.165) is 21.2 Å². The first-order valence-electron chi connectivity index (χ1n) is 8.14. The van der Waals surface area contributed by atoms with Crippen LogP contribution in [0.3, 0.4) is 0 Å². The molecule has 0 radical (unpaired) electrons. The molecule has 0 bridgehead atoms. The number of guanidine groups is 2. The van der Waals surface area contributed by atoms with Gasteiger partial charge >= 0.3 is 0 Å². The minimum Gasteiger partial charge on any atom is -0.368 e. The van der Waals surface area contributed by atoms with Gasteiger partial charge in [0, 0.05) is 9.79 Å². The highest BCUT2D eigenvalue weighted by Gasteiger charge is 1.94. The zero-order chi connectivity index (χ0) is 20.2. The molecule has 0 aliphatic heterocycles. The van der Waals surface area contributed by atoms with E-state index in [1.165, 1.54) is 12.4 Å². The Morgan fingerprint density at radius 2 is 1.07 bits per heavy atom. The second-order valence-corrected chi connectivity index (χ2v) is 6.93. The number of hydrogen-bond acceptors (Lipinski definition) is 6. The number of thioether (sulfide) groups is 2. The zero-order valence-corrected chi connectivity index (χ0v) is 17.2. The Hall–Kier alpha value is -2.98. The summed E-state index contributed by atoms with van der Waals surface area (Å²) in [6, 6.07) is 15.4. The normalized spacial score (nSPS) is 12.6. The standard InChI is InChI=1S/C18H22N8S2/c1-27-15-7-3-13(4-8-15)23-17(19)25-21-11-12-22-26-18(20)24-14-5-9-16(28-2)10-6-14/h3-12H,1-2H3,(H3,19,23,25)(H3,20,24,26)/b21-11+,22-12+. The van der Waals surface area contributed by atoms with Crippen LogP contribution < -0.4 is 22.3 Å². The molecule has 0 aromatic heterocycles. The second-order valence-electron chi connectivity index (χ2n) is 5.17. The first kappa shape index (κ1) is 21.3. The predicted octanol–water partition coefficient (Wildman–Crippen LogP) is 2.87. The van der Waals surface area contributed by atoms with Crippen molar-refractivity contribution in [3.63, 3.8) is 0 Å². The van der Waals surface area contributed by atoms with Gasteiger partial charge in [0.05, 0.1) is 23.8 Å². The minimum absolute atomic E-state index is 0.171. The molecule has 28 heavy (non-hydrogen) atoms. The quantitative estimate of drug-likeness (QED) is 0.239. The van der Waals surface area contributed by atoms with Gasteiger partial charge in [-0.15, -0.1) is 23.5 Å². The Bertz CT molecular complexity index is 785. The summed E-state index contributed by atoms with van der Waals surface area (Å²) in [5, 5.41) is 7.79. The van der Waals surface area contributed by atoms with Gasteiger partial charge in [0.1, 0.15) is 0 Å². The first-order valence-corrected chi connectivity index (χ1v) is 10.6. The Morgan fingerprint density at radius 3 is 1.39 bits per heavy atom. The summed E-state index contributed by atoms with van der Waals surface area (Å²) in [6.07, 6.45) is 6.85. The fraction of sp³-hybridized carbons (Fsp3) is 0.111. The molecule has 0 saturated carbocycles. The van der Waals surface area contributed by atoms with Gasteiger partial charge in [0.2, 0.25) is 11.9 Å². The van der Waals surface area contributed by atoms with Crippen molar-refractivity contribution in [2.45, 2.75) is 9.79 Å². The molecule has 0 fully saturated rings. The average molecular weight is 415 g/mol. The highest BCUT2D eigenvalue weighted by atomic mass is 32.2. The number of aliphatic imine (C=N–C) groups is 2. The molecule has 0 heterocycles. The van der Waals surface area contributed by atoms with Gasteiger partial charge in [0.15, 0.2) is 0 Å². The van der Waals surface area contributed by atoms with Crippen molar-refractivity contribution in [1.82, 2.24) is 10.9 Å². The van der Waals surface area contributed by atoms with Crippen molar-refractivity contribution in [2.75, 3.05) is 12.5 Å². The lowest BCUT2D eigenvalue weighted by Crippen LogP contribution is -2.27. The maximum absolute atomic E-state index is 5.77. The van der Waals surface area contributed by atoms with E-state index in [2.05, 4.69) is 31.0 Å². The highest BCUT2D eigenvalue weighted by Crippen LogP contribution is 2.19. The van der Waals surface area contributed by atoms with E-state index in [1.54, 1.807) is 23.5 Å². The Morgan fingerprint density at radius 1 is 0.714 bits per heavy atom. The molecule has 8 nitrogen and oxygen atoms in total. The van der Waals surface area contributed by atoms with E-state index in [-0.39, 0.29) is 11.9 Å². The third kappa shape index (κ3) is 7.72. The van der Waals surface area contributed by atoms with Gasteiger partial charge in [-0.1, -0.05) is 0 Å². The van der Waals surface area contributed by atoms with Crippen molar-refractivity contribution < 1.29 is 0 Å². The predicted molar refractivity (Wildman–Crippen MR) is 122 cm³/mol. The number of nitrogens with two attached hydrogens (primary N) is 2. The van der Waals surface area contributed by atoms with Crippen LogP contribution >= 0.6 is 23.5 Å². The maximum atomic E-state index is 5.77. The fourth-order valence-electron chi connectivity index (χ4n) is 1.92. The Labute approximate surface area is 172 Å². The highest BCUT2D eigenvalue weighted by molar-refractivity contribution is 7.98. The number of rotatable bonds is 7. The van der Waals surface area contributed by atoms with Crippen LogP contribution in [-0.4, -0.2) is 36.9 Å². The van der Waals surface area contributed by atoms with Crippen LogP contribution in [0.4, 0.5) is 11.4 Å². The van der Waals surface area contributed by atoms with Crippen LogP contribution in [0.15, 0.2) is 78.5 Å². The van der Waals surface area contributed by atoms with Gasteiger partial charge in [0.25, 0.3) is 0 Å². The van der Waals surface area contributed by atoms with E-state index in [9.17, 15) is 0 Å². The maximum Gasteiger partial charge on any atom is 0.214 e. The van der Waals surface area contributed by atoms with Gasteiger partial charge in [-0.3, -0.25) is 0 Å². The molecule has 146 valence electrons. The second kappa shape index (κ2) is 11.7. The van der Waals surface area contributed by atoms with Crippen molar-refractivity contribution >= 4 is 59.2 Å². The summed E-state index contributed by atoms with van der Waals surface area (Å²) >= 11 is 3.33. The SMILES string of the molecule is CSc1ccc(N=C(N)N/N=C/C=N/NC(N)=Nc2ccc(SC)cc2)cc1. The lowest BCUT2D eigenvalue weighted by Gasteiger charge is -2.00. The van der Waals surface area contributed by atoms with Crippen molar-refractivity contribution in [3.8, 4) is 0 Å². The van der Waals surface area contributed by atoms with Gasteiger partial charge in [-0.05, 0) is 61.0 Å². The third-order valence-corrected chi connectivity index (χ3v) is 4.71. The van der Waals surface area contributed by atoms with Crippen LogP contribution in [0.1, 0.15) is 0 Å². The molecule has 0 spiro atoms. The first-order chi connectivity index (χ1) is 13.6. The largest absolute Gasteiger partial charge is 0.368 e. The van der Waals surface area contributed by atoms with Crippen LogP contribution in [-0.2, 0) is 0 Å². The number of nitrogens with one attached hydrogen (secondary N) is 2. The Kier molecular flexibility index (Phi) is 8.89. The zero-order valence-electron chi connectivity index (χ0n) is 15.5. The molecule has 10 heteroatoms.